The number of benzene rings is 1. The van der Waals surface area contributed by atoms with E-state index in [9.17, 15) is 0 Å². The zero-order chi connectivity index (χ0) is 11.5. The van der Waals surface area contributed by atoms with E-state index in [0.717, 1.165) is 16.9 Å². The van der Waals surface area contributed by atoms with Gasteiger partial charge in [0.2, 0.25) is 0 Å². The Bertz CT molecular complexity index is 358. The lowest BCUT2D eigenvalue weighted by molar-refractivity contribution is -0.382. The quantitative estimate of drug-likeness (QED) is 0.736. The van der Waals surface area contributed by atoms with Crippen molar-refractivity contribution >= 4 is 0 Å². The summed E-state index contributed by atoms with van der Waals surface area (Å²) in [6.45, 7) is 4.11. The van der Waals surface area contributed by atoms with Gasteiger partial charge in [0.15, 0.2) is 19.4 Å². The highest BCUT2D eigenvalue weighted by atomic mass is 16.9. The van der Waals surface area contributed by atoms with Crippen LogP contribution in [0.4, 0.5) is 0 Å². The Morgan fingerprint density at radius 2 is 2.06 bits per heavy atom. The highest BCUT2D eigenvalue weighted by molar-refractivity contribution is 5.36. The number of aryl methyl sites for hydroxylation is 1. The summed E-state index contributed by atoms with van der Waals surface area (Å²) in [5.41, 5.74) is 2.06. The van der Waals surface area contributed by atoms with Crippen LogP contribution >= 0.6 is 0 Å². The zero-order valence-electron chi connectivity index (χ0n) is 9.73. The molecule has 4 heteroatoms. The van der Waals surface area contributed by atoms with Gasteiger partial charge in [-0.25, -0.2) is 0 Å². The molecular formula is C12H16O4. The minimum Gasteiger partial charge on any atom is -0.467 e. The van der Waals surface area contributed by atoms with Crippen molar-refractivity contribution in [3.63, 3.8) is 0 Å². The Morgan fingerprint density at radius 1 is 1.31 bits per heavy atom. The predicted octanol–water partition coefficient (Wildman–Crippen LogP) is 2.37. The van der Waals surface area contributed by atoms with E-state index in [0.29, 0.717) is 0 Å². The van der Waals surface area contributed by atoms with Gasteiger partial charge >= 0.3 is 0 Å². The molecule has 1 saturated heterocycles. The lowest BCUT2D eigenvalue weighted by Crippen LogP contribution is -2.31. The molecule has 0 aromatic heterocycles. The van der Waals surface area contributed by atoms with Gasteiger partial charge < -0.3 is 18.9 Å². The fourth-order valence-electron chi connectivity index (χ4n) is 1.62. The molecule has 0 atom stereocenters. The van der Waals surface area contributed by atoms with Gasteiger partial charge in [0.05, 0.1) is 0 Å². The summed E-state index contributed by atoms with van der Waals surface area (Å²) < 4.78 is 21.1. The first kappa shape index (κ1) is 11.4. The van der Waals surface area contributed by atoms with Crippen molar-refractivity contribution in [3.05, 3.63) is 29.3 Å². The molecule has 1 fully saturated rings. The lowest BCUT2D eigenvalue weighted by Gasteiger charge is -2.34. The van der Waals surface area contributed by atoms with Crippen LogP contribution in [0.25, 0.3) is 0 Å². The number of hydrogen-bond acceptors (Lipinski definition) is 4. The van der Waals surface area contributed by atoms with Gasteiger partial charge in [-0.2, -0.15) is 0 Å². The van der Waals surface area contributed by atoms with E-state index in [1.165, 1.54) is 0 Å². The molecular weight excluding hydrogens is 208 g/mol. The third kappa shape index (κ3) is 2.35. The van der Waals surface area contributed by atoms with Crippen LogP contribution in [0.3, 0.4) is 0 Å². The van der Waals surface area contributed by atoms with E-state index in [1.807, 2.05) is 32.0 Å². The second kappa shape index (κ2) is 4.82. The maximum Gasteiger partial charge on any atom is 0.189 e. The van der Waals surface area contributed by atoms with Crippen LogP contribution in [0.5, 0.6) is 5.75 Å². The van der Waals surface area contributed by atoms with Gasteiger partial charge in [-0.15, -0.1) is 0 Å². The van der Waals surface area contributed by atoms with Crippen molar-refractivity contribution in [3.8, 4) is 5.75 Å². The summed E-state index contributed by atoms with van der Waals surface area (Å²) in [5.74, 6) is 0.818. The lowest BCUT2D eigenvalue weighted by atomic mass is 10.1. The molecule has 2 rings (SSSR count). The van der Waals surface area contributed by atoms with Gasteiger partial charge in [-0.3, -0.25) is 0 Å². The fourth-order valence-corrected chi connectivity index (χ4v) is 1.62. The summed E-state index contributed by atoms with van der Waals surface area (Å²) in [4.78, 5) is 0. The second-order valence-electron chi connectivity index (χ2n) is 3.75. The predicted molar refractivity (Wildman–Crippen MR) is 58.1 cm³/mol. The highest BCUT2D eigenvalue weighted by Crippen LogP contribution is 2.33. The van der Waals surface area contributed by atoms with Crippen LogP contribution in [-0.2, 0) is 14.2 Å². The second-order valence-corrected chi connectivity index (χ2v) is 3.75. The summed E-state index contributed by atoms with van der Waals surface area (Å²) >= 11 is 0. The molecule has 1 heterocycles. The summed E-state index contributed by atoms with van der Waals surface area (Å²) in [6.07, 6.45) is -0.333. The molecule has 4 nitrogen and oxygen atoms in total. The molecule has 0 saturated carbocycles. The maximum absolute atomic E-state index is 5.41. The first-order valence-corrected chi connectivity index (χ1v) is 5.24. The van der Waals surface area contributed by atoms with E-state index in [2.05, 4.69) is 0 Å². The van der Waals surface area contributed by atoms with Gasteiger partial charge in [-0.1, -0.05) is 6.07 Å². The van der Waals surface area contributed by atoms with Gasteiger partial charge in [-0.05, 0) is 31.5 Å². The third-order valence-electron chi connectivity index (χ3n) is 2.43. The number of methoxy groups -OCH3 is 1. The molecule has 0 aliphatic carbocycles. The Morgan fingerprint density at radius 3 is 2.62 bits per heavy atom. The minimum absolute atomic E-state index is 0.102. The van der Waals surface area contributed by atoms with E-state index >= 15 is 0 Å². The van der Waals surface area contributed by atoms with Crippen LogP contribution in [0, 0.1) is 6.92 Å². The molecule has 0 unspecified atom stereocenters. The Kier molecular flexibility index (Phi) is 3.43. The van der Waals surface area contributed by atoms with Crippen molar-refractivity contribution in [1.82, 2.24) is 0 Å². The topological polar surface area (TPSA) is 36.9 Å². The highest BCUT2D eigenvalue weighted by Gasteiger charge is 2.28. The SMILES string of the molecule is COCOc1ccc(C2OC(C)O2)cc1C. The molecule has 1 aliphatic rings. The van der Waals surface area contributed by atoms with E-state index in [-0.39, 0.29) is 19.4 Å². The van der Waals surface area contributed by atoms with Gasteiger partial charge in [0, 0.05) is 12.7 Å². The van der Waals surface area contributed by atoms with Crippen molar-refractivity contribution in [2.45, 2.75) is 26.4 Å². The molecule has 0 spiro atoms. The average Bonchev–Trinajstić information content (AvgIpc) is 2.23. The summed E-state index contributed by atoms with van der Waals surface area (Å²) in [5, 5.41) is 0. The molecule has 0 N–H and O–H groups in total. The molecule has 0 amide bonds. The fraction of sp³-hybridized carbons (Fsp3) is 0.500. The van der Waals surface area contributed by atoms with E-state index in [1.54, 1.807) is 7.11 Å². The van der Waals surface area contributed by atoms with Crippen molar-refractivity contribution < 1.29 is 18.9 Å². The molecule has 88 valence electrons. The van der Waals surface area contributed by atoms with Crippen LogP contribution in [0.2, 0.25) is 0 Å². The Labute approximate surface area is 95.1 Å². The first-order chi connectivity index (χ1) is 7.70. The van der Waals surface area contributed by atoms with Crippen LogP contribution in [0.15, 0.2) is 18.2 Å². The third-order valence-corrected chi connectivity index (χ3v) is 2.43. The summed E-state index contributed by atoms with van der Waals surface area (Å²) in [6, 6.07) is 5.84. The Hall–Kier alpha value is -1.10. The number of hydrogen-bond donors (Lipinski definition) is 0. The molecule has 0 bridgehead atoms. The average molecular weight is 224 g/mol. The standard InChI is InChI=1S/C12H16O4/c1-8-6-10(12-15-9(2)16-12)4-5-11(8)14-7-13-3/h4-6,9,12H,7H2,1-3H3. The minimum atomic E-state index is -0.231. The van der Waals surface area contributed by atoms with Gasteiger partial charge in [0.25, 0.3) is 0 Å². The van der Waals surface area contributed by atoms with Crippen molar-refractivity contribution in [1.29, 1.82) is 0 Å². The zero-order valence-corrected chi connectivity index (χ0v) is 9.73. The normalized spacial score (nSPS) is 23.9. The molecule has 1 aliphatic heterocycles. The molecule has 1 aromatic carbocycles. The number of ether oxygens (including phenoxy) is 4. The van der Waals surface area contributed by atoms with Crippen LogP contribution < -0.4 is 4.74 Å². The van der Waals surface area contributed by atoms with E-state index < -0.39 is 0 Å². The van der Waals surface area contributed by atoms with Gasteiger partial charge in [0.1, 0.15) is 5.75 Å². The van der Waals surface area contributed by atoms with Crippen molar-refractivity contribution in [2.75, 3.05) is 13.9 Å². The first-order valence-electron chi connectivity index (χ1n) is 5.24. The number of rotatable bonds is 4. The molecule has 16 heavy (non-hydrogen) atoms. The molecule has 1 aromatic rings. The van der Waals surface area contributed by atoms with Crippen LogP contribution in [-0.4, -0.2) is 20.2 Å². The smallest absolute Gasteiger partial charge is 0.189 e. The van der Waals surface area contributed by atoms with E-state index in [4.69, 9.17) is 18.9 Å². The maximum atomic E-state index is 5.41. The largest absolute Gasteiger partial charge is 0.467 e. The monoisotopic (exact) mass is 224 g/mol. The van der Waals surface area contributed by atoms with Crippen molar-refractivity contribution in [2.24, 2.45) is 0 Å². The Balaban J connectivity index is 2.04. The summed E-state index contributed by atoms with van der Waals surface area (Å²) in [7, 11) is 1.60. The molecule has 0 radical (unpaired) electrons. The van der Waals surface area contributed by atoms with Crippen LogP contribution in [0.1, 0.15) is 24.3 Å².